The van der Waals surface area contributed by atoms with Gasteiger partial charge in [0.25, 0.3) is 0 Å². The van der Waals surface area contributed by atoms with Gasteiger partial charge in [-0.15, -0.1) is 0 Å². The van der Waals surface area contributed by atoms with Gasteiger partial charge in [0.05, 0.1) is 5.92 Å². The minimum atomic E-state index is -3.03. The molecule has 3 heteroatoms. The Bertz CT molecular complexity index is 532. The van der Waals surface area contributed by atoms with Crippen molar-refractivity contribution in [1.29, 1.82) is 0 Å². The molecular weight excluding hydrogens is 294 g/mol. The molecule has 0 saturated heterocycles. The molecule has 23 heavy (non-hydrogen) atoms. The zero-order chi connectivity index (χ0) is 16.4. The van der Waals surface area contributed by atoms with Crippen LogP contribution in [0.1, 0.15) is 75.8 Å². The molecule has 1 saturated carbocycles. The van der Waals surface area contributed by atoms with Gasteiger partial charge in [-0.05, 0) is 67.6 Å². The second kappa shape index (κ2) is 6.78. The highest BCUT2D eigenvalue weighted by molar-refractivity contribution is 5.41. The number of benzene rings is 1. The maximum absolute atomic E-state index is 14.0. The number of rotatable bonds is 4. The normalized spacial score (nSPS) is 29.7. The third kappa shape index (κ3) is 3.54. The topological polar surface area (TPSA) is 9.23 Å². The number of fused-ring (bicyclic) bond motifs is 1. The van der Waals surface area contributed by atoms with Crippen LogP contribution in [-0.2, 0) is 6.42 Å². The summed E-state index contributed by atoms with van der Waals surface area (Å²) < 4.78 is 33.2. The first-order chi connectivity index (χ1) is 11.0. The van der Waals surface area contributed by atoms with Gasteiger partial charge < -0.3 is 4.74 Å². The van der Waals surface area contributed by atoms with E-state index in [1.165, 1.54) is 44.1 Å². The molecule has 1 unspecified atom stereocenters. The summed E-state index contributed by atoms with van der Waals surface area (Å²) in [4.78, 5) is 0. The highest BCUT2D eigenvalue weighted by Gasteiger charge is 2.45. The summed E-state index contributed by atoms with van der Waals surface area (Å²) in [6.45, 7) is 4.05. The Morgan fingerprint density at radius 1 is 1.13 bits per heavy atom. The van der Waals surface area contributed by atoms with Crippen molar-refractivity contribution in [3.05, 3.63) is 29.3 Å². The lowest BCUT2D eigenvalue weighted by Gasteiger charge is -2.33. The van der Waals surface area contributed by atoms with Crippen LogP contribution in [-0.4, -0.2) is 6.11 Å². The number of halogens is 2. The van der Waals surface area contributed by atoms with Crippen LogP contribution in [0.15, 0.2) is 18.2 Å². The van der Waals surface area contributed by atoms with E-state index >= 15 is 0 Å². The van der Waals surface area contributed by atoms with E-state index in [2.05, 4.69) is 13.0 Å². The minimum Gasteiger partial charge on any atom is -0.432 e. The van der Waals surface area contributed by atoms with Gasteiger partial charge in [-0.2, -0.15) is 8.78 Å². The highest BCUT2D eigenvalue weighted by atomic mass is 19.3. The minimum absolute atomic E-state index is 0.410. The lowest BCUT2D eigenvalue weighted by Crippen LogP contribution is -2.39. The van der Waals surface area contributed by atoms with Crippen molar-refractivity contribution >= 4 is 0 Å². The Morgan fingerprint density at radius 2 is 1.87 bits per heavy atom. The van der Waals surface area contributed by atoms with Crippen molar-refractivity contribution in [1.82, 2.24) is 0 Å². The first-order valence-electron chi connectivity index (χ1n) is 9.23. The number of alkyl halides is 2. The van der Waals surface area contributed by atoms with Gasteiger partial charge in [-0.25, -0.2) is 0 Å². The molecule has 0 spiro atoms. The van der Waals surface area contributed by atoms with Crippen molar-refractivity contribution in [2.75, 3.05) is 0 Å². The summed E-state index contributed by atoms with van der Waals surface area (Å²) in [5, 5.41) is 0. The SMILES string of the molecule is CCCC1CCC(c2ccc3c(c2)OC(F)(F)C(CC)C3)CC1. The fourth-order valence-corrected chi connectivity index (χ4v) is 4.28. The summed E-state index contributed by atoms with van der Waals surface area (Å²) >= 11 is 0. The van der Waals surface area contributed by atoms with E-state index in [0.29, 0.717) is 24.5 Å². The molecule has 1 aliphatic carbocycles. The second-order valence-corrected chi connectivity index (χ2v) is 7.35. The smallest absolute Gasteiger partial charge is 0.401 e. The van der Waals surface area contributed by atoms with E-state index in [0.717, 1.165) is 11.5 Å². The van der Waals surface area contributed by atoms with Crippen molar-refractivity contribution in [3.8, 4) is 5.75 Å². The van der Waals surface area contributed by atoms with Gasteiger partial charge in [0.2, 0.25) is 0 Å². The first kappa shape index (κ1) is 16.7. The Kier molecular flexibility index (Phi) is 4.93. The molecule has 1 atom stereocenters. The zero-order valence-corrected chi connectivity index (χ0v) is 14.3. The van der Waals surface area contributed by atoms with E-state index in [1.54, 1.807) is 6.92 Å². The summed E-state index contributed by atoms with van der Waals surface area (Å²) in [6, 6.07) is 6.05. The van der Waals surface area contributed by atoms with Crippen LogP contribution < -0.4 is 4.74 Å². The van der Waals surface area contributed by atoms with Gasteiger partial charge in [-0.1, -0.05) is 38.8 Å². The molecule has 0 amide bonds. The lowest BCUT2D eigenvalue weighted by molar-refractivity contribution is -0.224. The van der Waals surface area contributed by atoms with Crippen LogP contribution in [0.4, 0.5) is 8.78 Å². The predicted molar refractivity (Wildman–Crippen MR) is 89.1 cm³/mol. The molecule has 0 bridgehead atoms. The largest absolute Gasteiger partial charge is 0.432 e. The monoisotopic (exact) mass is 322 g/mol. The summed E-state index contributed by atoms with van der Waals surface area (Å²) in [6.07, 6.45) is 5.31. The van der Waals surface area contributed by atoms with Gasteiger partial charge in [0, 0.05) is 0 Å². The average molecular weight is 322 g/mol. The molecule has 1 heterocycles. The Morgan fingerprint density at radius 3 is 2.52 bits per heavy atom. The molecule has 2 aliphatic rings. The summed E-state index contributed by atoms with van der Waals surface area (Å²) in [5.41, 5.74) is 2.12. The van der Waals surface area contributed by atoms with Crippen molar-refractivity contribution in [3.63, 3.8) is 0 Å². The van der Waals surface area contributed by atoms with Crippen LogP contribution >= 0.6 is 0 Å². The van der Waals surface area contributed by atoms with E-state index in [1.807, 2.05) is 12.1 Å². The zero-order valence-electron chi connectivity index (χ0n) is 14.3. The molecule has 1 aromatic carbocycles. The number of hydrogen-bond donors (Lipinski definition) is 0. The Labute approximate surface area is 138 Å². The highest BCUT2D eigenvalue weighted by Crippen LogP contribution is 2.44. The fraction of sp³-hybridized carbons (Fsp3) is 0.700. The average Bonchev–Trinajstić information content (AvgIpc) is 2.54. The van der Waals surface area contributed by atoms with E-state index in [4.69, 9.17) is 4.74 Å². The lowest BCUT2D eigenvalue weighted by atomic mass is 9.77. The molecule has 3 rings (SSSR count). The van der Waals surface area contributed by atoms with Crippen LogP contribution in [0, 0.1) is 11.8 Å². The molecule has 1 nitrogen and oxygen atoms in total. The molecule has 1 aliphatic heterocycles. The van der Waals surface area contributed by atoms with E-state index in [-0.39, 0.29) is 0 Å². The number of hydrogen-bond acceptors (Lipinski definition) is 1. The molecule has 1 aromatic rings. The van der Waals surface area contributed by atoms with Gasteiger partial charge in [0.15, 0.2) is 0 Å². The van der Waals surface area contributed by atoms with Crippen LogP contribution in [0.5, 0.6) is 5.75 Å². The molecule has 0 aromatic heterocycles. The standard InChI is InChI=1S/C20H28F2O/c1-3-5-14-6-8-15(9-7-14)16-10-11-17-12-18(4-2)20(21,22)23-19(17)13-16/h10-11,13-15,18H,3-9,12H2,1-2H3. The predicted octanol–water partition coefficient (Wildman–Crippen LogP) is 6.31. The number of ether oxygens (including phenoxy) is 1. The van der Waals surface area contributed by atoms with Gasteiger partial charge in [0.1, 0.15) is 5.75 Å². The van der Waals surface area contributed by atoms with Gasteiger partial charge in [-0.3, -0.25) is 0 Å². The molecule has 1 fully saturated rings. The van der Waals surface area contributed by atoms with Crippen LogP contribution in [0.3, 0.4) is 0 Å². The van der Waals surface area contributed by atoms with Crippen molar-refractivity contribution < 1.29 is 13.5 Å². The van der Waals surface area contributed by atoms with Crippen LogP contribution in [0.25, 0.3) is 0 Å². The first-order valence-corrected chi connectivity index (χ1v) is 9.23. The van der Waals surface area contributed by atoms with Crippen molar-refractivity contribution in [2.24, 2.45) is 11.8 Å². The third-order valence-electron chi connectivity index (χ3n) is 5.79. The fourth-order valence-electron chi connectivity index (χ4n) is 4.28. The quantitative estimate of drug-likeness (QED) is 0.630. The summed E-state index contributed by atoms with van der Waals surface area (Å²) in [5.74, 6) is 1.08. The third-order valence-corrected chi connectivity index (χ3v) is 5.79. The molecule has 0 radical (unpaired) electrons. The Hall–Kier alpha value is -1.12. The second-order valence-electron chi connectivity index (χ2n) is 7.35. The Balaban J connectivity index is 1.72. The summed E-state index contributed by atoms with van der Waals surface area (Å²) in [7, 11) is 0. The molecule has 128 valence electrons. The van der Waals surface area contributed by atoms with Crippen LogP contribution in [0.2, 0.25) is 0 Å². The maximum atomic E-state index is 14.0. The van der Waals surface area contributed by atoms with E-state index in [9.17, 15) is 8.78 Å². The maximum Gasteiger partial charge on any atom is 0.401 e. The molecule has 0 N–H and O–H groups in total. The molecular formula is C20H28F2O. The van der Waals surface area contributed by atoms with Gasteiger partial charge >= 0.3 is 6.11 Å². The van der Waals surface area contributed by atoms with E-state index < -0.39 is 12.0 Å². The van der Waals surface area contributed by atoms with Crippen molar-refractivity contribution in [2.45, 2.75) is 77.2 Å².